The Morgan fingerprint density at radius 1 is 1.00 bits per heavy atom. The van der Waals surface area contributed by atoms with Gasteiger partial charge in [0.25, 0.3) is 5.56 Å². The van der Waals surface area contributed by atoms with Crippen LogP contribution in [0.1, 0.15) is 0 Å². The van der Waals surface area contributed by atoms with Crippen LogP contribution in [0.25, 0.3) is 27.3 Å². The van der Waals surface area contributed by atoms with Crippen LogP contribution in [0.2, 0.25) is 0 Å². The predicted octanol–water partition coefficient (Wildman–Crippen LogP) is -2.56. The van der Waals surface area contributed by atoms with Gasteiger partial charge in [-0.3, -0.25) is 14.2 Å². The Morgan fingerprint density at radius 3 is 2.55 bits per heavy atom. The minimum absolute atomic E-state index is 0.201. The molecule has 2 aliphatic rings. The van der Waals surface area contributed by atoms with E-state index >= 15 is 0 Å². The van der Waals surface area contributed by atoms with Crippen LogP contribution in [-0.4, -0.2) is 120 Å². The van der Waals surface area contributed by atoms with Crippen LogP contribution in [0.4, 0.5) is 0 Å². The van der Waals surface area contributed by atoms with Crippen molar-refractivity contribution in [3.05, 3.63) is 52.9 Å². The largest absolute Gasteiger partial charge is 0.456 e. The number of para-hydroxylation sites is 1. The zero-order valence-electron chi connectivity index (χ0n) is 20.8. The highest BCUT2D eigenvalue weighted by molar-refractivity contribution is 6.12. The van der Waals surface area contributed by atoms with E-state index < -0.39 is 80.2 Å². The van der Waals surface area contributed by atoms with E-state index in [1.807, 2.05) is 18.2 Å². The molecule has 14 nitrogen and oxygen atoms in total. The van der Waals surface area contributed by atoms with E-state index in [0.29, 0.717) is 16.6 Å². The highest BCUT2D eigenvalue weighted by atomic mass is 16.7. The van der Waals surface area contributed by atoms with Crippen molar-refractivity contribution in [3.8, 4) is 5.75 Å². The number of ether oxygens (including phenoxy) is 4. The van der Waals surface area contributed by atoms with Crippen LogP contribution in [0.5, 0.6) is 5.75 Å². The molecule has 2 saturated heterocycles. The minimum atomic E-state index is -2.22. The van der Waals surface area contributed by atoms with Crippen molar-refractivity contribution >= 4 is 27.3 Å². The van der Waals surface area contributed by atoms with Crippen LogP contribution in [0, 0.1) is 0 Å². The van der Waals surface area contributed by atoms with Gasteiger partial charge in [0.1, 0.15) is 42.2 Å². The highest BCUT2D eigenvalue weighted by Crippen LogP contribution is 2.32. The van der Waals surface area contributed by atoms with E-state index in [2.05, 4.69) is 4.98 Å². The zero-order chi connectivity index (χ0) is 28.3. The normalized spacial score (nSPS) is 35.1. The predicted molar refractivity (Wildman–Crippen MR) is 135 cm³/mol. The molecule has 2 fully saturated rings. The van der Waals surface area contributed by atoms with Crippen molar-refractivity contribution in [2.24, 2.45) is 0 Å². The monoisotopic (exact) mass is 560 g/mol. The molecular weight excluding hydrogens is 532 g/mol. The fourth-order valence-corrected chi connectivity index (χ4v) is 5.30. The van der Waals surface area contributed by atoms with Gasteiger partial charge >= 0.3 is 0 Å². The van der Waals surface area contributed by atoms with E-state index in [9.17, 15) is 40.5 Å². The van der Waals surface area contributed by atoms with Gasteiger partial charge in [-0.1, -0.05) is 18.2 Å². The Morgan fingerprint density at radius 2 is 1.77 bits per heavy atom. The van der Waals surface area contributed by atoms with Crippen molar-refractivity contribution in [1.29, 1.82) is 0 Å². The molecule has 7 N–H and O–H groups in total. The van der Waals surface area contributed by atoms with Crippen LogP contribution >= 0.6 is 0 Å². The summed E-state index contributed by atoms with van der Waals surface area (Å²) >= 11 is 0. The SMILES string of the molecule is O=c1c(O[C@@H]2OC[C@](O)(CO[C@@H]3O[C@H](CO)[C@@H](O)[C@H](O)[C@H]3O)[C@H](O)[C@H]2O)cc2nccc3c4ccccc4n1c23. The molecule has 3 aromatic heterocycles. The lowest BCUT2D eigenvalue weighted by Crippen LogP contribution is -2.65. The molecule has 1 aromatic carbocycles. The molecule has 0 aliphatic carbocycles. The van der Waals surface area contributed by atoms with Crippen LogP contribution < -0.4 is 10.3 Å². The standard InChI is InChI=1S/C26H28N2O12/c29-8-16-18(30)19(31)20(32)24(40-16)37-9-26(36)10-38-25(21(33)22(26)34)39-15-7-13-17-12(5-6-27-13)11-3-1-2-4-14(11)28(17)23(15)35/h1-7,16,18-22,24-25,29-34,36H,8-10H2/t16-,18-,19+,20-,21-,22-,24-,25+,26-/m1/s1. The van der Waals surface area contributed by atoms with Gasteiger partial charge in [0.05, 0.1) is 36.4 Å². The number of fused-ring (bicyclic) bond motifs is 3. The maximum absolute atomic E-state index is 13.5. The zero-order valence-corrected chi connectivity index (χ0v) is 20.8. The topological polar surface area (TPSA) is 213 Å². The summed E-state index contributed by atoms with van der Waals surface area (Å²) in [6, 6.07) is 10.5. The summed E-state index contributed by atoms with van der Waals surface area (Å²) < 4.78 is 23.2. The van der Waals surface area contributed by atoms with Gasteiger partial charge in [-0.2, -0.15) is 0 Å². The van der Waals surface area contributed by atoms with Crippen molar-refractivity contribution in [2.45, 2.75) is 54.8 Å². The van der Waals surface area contributed by atoms with Gasteiger partial charge in [-0.25, -0.2) is 0 Å². The Balaban J connectivity index is 1.21. The van der Waals surface area contributed by atoms with Gasteiger partial charge in [0.2, 0.25) is 6.29 Å². The number of aromatic nitrogens is 2. The van der Waals surface area contributed by atoms with E-state index in [-0.39, 0.29) is 5.75 Å². The number of hydrogen-bond donors (Lipinski definition) is 7. The molecular formula is C26H28N2O12. The average Bonchev–Trinajstić information content (AvgIpc) is 3.30. The Hall–Kier alpha value is -3.02. The smallest absolute Gasteiger partial charge is 0.298 e. The fraction of sp³-hybridized carbons (Fsp3) is 0.462. The summed E-state index contributed by atoms with van der Waals surface area (Å²) in [5.41, 5.74) is -1.07. The first-order valence-corrected chi connectivity index (χ1v) is 12.6. The molecule has 0 radical (unpaired) electrons. The molecule has 6 rings (SSSR count). The van der Waals surface area contributed by atoms with E-state index in [1.54, 1.807) is 18.3 Å². The van der Waals surface area contributed by atoms with E-state index in [0.717, 1.165) is 10.8 Å². The molecule has 9 atom stereocenters. The molecule has 14 heteroatoms. The summed E-state index contributed by atoms with van der Waals surface area (Å²) in [4.78, 5) is 17.8. The number of aliphatic hydroxyl groups is 7. The number of rotatable bonds is 6. The first-order chi connectivity index (χ1) is 19.1. The molecule has 0 spiro atoms. The number of hydrogen-bond acceptors (Lipinski definition) is 13. The summed E-state index contributed by atoms with van der Waals surface area (Å²) in [7, 11) is 0. The third-order valence-corrected chi connectivity index (χ3v) is 7.53. The number of aliphatic hydroxyl groups excluding tert-OH is 6. The minimum Gasteiger partial charge on any atom is -0.456 e. The summed E-state index contributed by atoms with van der Waals surface area (Å²) in [6.07, 6.45) is -11.6. The Kier molecular flexibility index (Phi) is 6.87. The van der Waals surface area contributed by atoms with Crippen LogP contribution in [0.15, 0.2) is 47.4 Å². The summed E-state index contributed by atoms with van der Waals surface area (Å²) in [6.45, 7) is -2.05. The Labute approximate surface area is 225 Å². The second-order valence-electron chi connectivity index (χ2n) is 10.1. The van der Waals surface area contributed by atoms with Gasteiger partial charge in [-0.15, -0.1) is 0 Å². The third kappa shape index (κ3) is 4.21. The molecule has 0 amide bonds. The number of pyridine rings is 2. The van der Waals surface area contributed by atoms with Crippen LogP contribution in [0.3, 0.4) is 0 Å². The first-order valence-electron chi connectivity index (χ1n) is 12.6. The molecule has 0 unspecified atom stereocenters. The van der Waals surface area contributed by atoms with Gasteiger partial charge in [-0.05, 0) is 12.1 Å². The van der Waals surface area contributed by atoms with Crippen molar-refractivity contribution in [2.75, 3.05) is 19.8 Å². The lowest BCUT2D eigenvalue weighted by atomic mass is 9.91. The van der Waals surface area contributed by atoms with Crippen molar-refractivity contribution in [1.82, 2.24) is 9.38 Å². The Bertz CT molecular complexity index is 1580. The molecule has 0 saturated carbocycles. The summed E-state index contributed by atoms with van der Waals surface area (Å²) in [5.74, 6) is -0.201. The van der Waals surface area contributed by atoms with Gasteiger partial charge in [0, 0.05) is 23.0 Å². The maximum Gasteiger partial charge on any atom is 0.298 e. The lowest BCUT2D eigenvalue weighted by Gasteiger charge is -2.44. The quantitative estimate of drug-likeness (QED) is 0.129. The third-order valence-electron chi connectivity index (χ3n) is 7.53. The second kappa shape index (κ2) is 10.1. The molecule has 4 aromatic rings. The summed E-state index contributed by atoms with van der Waals surface area (Å²) in [5, 5.41) is 73.4. The molecule has 5 heterocycles. The molecule has 40 heavy (non-hydrogen) atoms. The molecule has 0 bridgehead atoms. The number of benzene rings is 1. The number of nitrogens with zero attached hydrogens (tertiary/aromatic N) is 2. The highest BCUT2D eigenvalue weighted by Gasteiger charge is 2.51. The lowest BCUT2D eigenvalue weighted by molar-refractivity contribution is -0.329. The van der Waals surface area contributed by atoms with Crippen molar-refractivity contribution < 1.29 is 54.7 Å². The van der Waals surface area contributed by atoms with E-state index in [4.69, 9.17) is 18.9 Å². The maximum atomic E-state index is 13.5. The van der Waals surface area contributed by atoms with E-state index in [1.165, 1.54) is 10.5 Å². The average molecular weight is 561 g/mol. The molecule has 214 valence electrons. The van der Waals surface area contributed by atoms with Crippen LogP contribution in [-0.2, 0) is 14.2 Å². The fourth-order valence-electron chi connectivity index (χ4n) is 5.30. The van der Waals surface area contributed by atoms with Gasteiger partial charge < -0.3 is 54.7 Å². The first kappa shape index (κ1) is 27.2. The van der Waals surface area contributed by atoms with Crippen molar-refractivity contribution in [3.63, 3.8) is 0 Å². The molecule has 2 aliphatic heterocycles. The van der Waals surface area contributed by atoms with Gasteiger partial charge in [0.15, 0.2) is 12.0 Å². The second-order valence-corrected chi connectivity index (χ2v) is 10.1.